The average molecular weight is 451 g/mol. The first-order valence-corrected chi connectivity index (χ1v) is 11.1. The van der Waals surface area contributed by atoms with Crippen LogP contribution in [0, 0.1) is 13.8 Å². The standard InChI is InChI=1S/C21H26N2O7S/c1-13-7-15(8-20(14(13)2)31(26,27)23(3)4)21(25)22-10-16(24)11-28-17-5-6-18-19(9-17)30-12-29-18/h5-9,16,24H,10-12H2,1-4H3,(H,22,25). The van der Waals surface area contributed by atoms with Crippen LogP contribution >= 0.6 is 0 Å². The highest BCUT2D eigenvalue weighted by atomic mass is 32.2. The highest BCUT2D eigenvalue weighted by molar-refractivity contribution is 7.89. The topological polar surface area (TPSA) is 114 Å². The molecule has 0 radical (unpaired) electrons. The summed E-state index contributed by atoms with van der Waals surface area (Å²) in [4.78, 5) is 12.6. The van der Waals surface area contributed by atoms with Gasteiger partial charge in [-0.05, 0) is 49.2 Å². The van der Waals surface area contributed by atoms with Gasteiger partial charge in [-0.15, -0.1) is 0 Å². The van der Waals surface area contributed by atoms with E-state index in [1.54, 1.807) is 38.1 Å². The lowest BCUT2D eigenvalue weighted by atomic mass is 10.1. The van der Waals surface area contributed by atoms with Crippen LogP contribution in [0.5, 0.6) is 17.2 Å². The van der Waals surface area contributed by atoms with Crippen LogP contribution in [-0.2, 0) is 10.0 Å². The van der Waals surface area contributed by atoms with Gasteiger partial charge in [-0.25, -0.2) is 12.7 Å². The van der Waals surface area contributed by atoms with Crippen LogP contribution in [0.4, 0.5) is 0 Å². The highest BCUT2D eigenvalue weighted by Gasteiger charge is 2.23. The number of carbonyl (C=O) groups is 1. The number of carbonyl (C=O) groups excluding carboxylic acids is 1. The number of aliphatic hydroxyl groups is 1. The lowest BCUT2D eigenvalue weighted by molar-refractivity contribution is 0.0843. The summed E-state index contributed by atoms with van der Waals surface area (Å²) in [5, 5.41) is 12.8. The number of hydrogen-bond acceptors (Lipinski definition) is 7. The van der Waals surface area contributed by atoms with Crippen molar-refractivity contribution in [2.45, 2.75) is 24.8 Å². The summed E-state index contributed by atoms with van der Waals surface area (Å²) in [5.41, 5.74) is 1.47. The minimum atomic E-state index is -3.70. The molecule has 0 fully saturated rings. The first-order chi connectivity index (χ1) is 14.6. The zero-order valence-electron chi connectivity index (χ0n) is 17.8. The summed E-state index contributed by atoms with van der Waals surface area (Å²) in [6.45, 7) is 3.49. The Labute approximate surface area is 181 Å². The van der Waals surface area contributed by atoms with Gasteiger partial charge in [-0.1, -0.05) is 0 Å². The van der Waals surface area contributed by atoms with Crippen LogP contribution in [0.1, 0.15) is 21.5 Å². The number of amides is 1. The molecule has 0 spiro atoms. The van der Waals surface area contributed by atoms with E-state index in [2.05, 4.69) is 5.32 Å². The van der Waals surface area contributed by atoms with Gasteiger partial charge >= 0.3 is 0 Å². The molecular weight excluding hydrogens is 424 g/mol. The monoisotopic (exact) mass is 450 g/mol. The fraction of sp³-hybridized carbons (Fsp3) is 0.381. The van der Waals surface area contributed by atoms with Gasteiger partial charge in [0.2, 0.25) is 16.8 Å². The van der Waals surface area contributed by atoms with E-state index >= 15 is 0 Å². The van der Waals surface area contributed by atoms with E-state index in [1.165, 1.54) is 20.2 Å². The summed E-state index contributed by atoms with van der Waals surface area (Å²) >= 11 is 0. The second-order valence-electron chi connectivity index (χ2n) is 7.39. The molecular formula is C21H26N2O7S. The molecule has 9 nitrogen and oxygen atoms in total. The van der Waals surface area contributed by atoms with Crippen molar-refractivity contribution in [3.8, 4) is 17.2 Å². The van der Waals surface area contributed by atoms with E-state index in [0.29, 0.717) is 28.4 Å². The molecule has 1 amide bonds. The molecule has 0 aliphatic carbocycles. The van der Waals surface area contributed by atoms with Gasteiger partial charge in [-0.3, -0.25) is 4.79 Å². The first-order valence-electron chi connectivity index (χ1n) is 9.62. The van der Waals surface area contributed by atoms with Crippen molar-refractivity contribution in [2.24, 2.45) is 0 Å². The van der Waals surface area contributed by atoms with Crippen LogP contribution < -0.4 is 19.5 Å². The Balaban J connectivity index is 1.60. The lowest BCUT2D eigenvalue weighted by Gasteiger charge is -2.17. The third kappa shape index (κ3) is 5.09. The molecule has 31 heavy (non-hydrogen) atoms. The summed E-state index contributed by atoms with van der Waals surface area (Å²) in [5.74, 6) is 1.21. The predicted octanol–water partition coefficient (Wildman–Crippen LogP) is 1.45. The lowest BCUT2D eigenvalue weighted by Crippen LogP contribution is -2.35. The van der Waals surface area contributed by atoms with Crippen LogP contribution in [0.3, 0.4) is 0 Å². The highest BCUT2D eigenvalue weighted by Crippen LogP contribution is 2.35. The maximum atomic E-state index is 12.6. The zero-order chi connectivity index (χ0) is 22.8. The number of aryl methyl sites for hydroxylation is 1. The van der Waals surface area contributed by atoms with Gasteiger partial charge < -0.3 is 24.6 Å². The number of rotatable bonds is 8. The molecule has 1 unspecified atom stereocenters. The minimum Gasteiger partial charge on any atom is -0.491 e. The fourth-order valence-electron chi connectivity index (χ4n) is 2.95. The van der Waals surface area contributed by atoms with Gasteiger partial charge in [0.25, 0.3) is 5.91 Å². The molecule has 3 rings (SSSR count). The van der Waals surface area contributed by atoms with E-state index in [1.807, 2.05) is 0 Å². The van der Waals surface area contributed by atoms with Crippen LogP contribution in [-0.4, -0.2) is 63.9 Å². The number of nitrogens with zero attached hydrogens (tertiary/aromatic N) is 1. The molecule has 1 aliphatic rings. The van der Waals surface area contributed by atoms with Crippen molar-refractivity contribution in [2.75, 3.05) is 34.0 Å². The normalized spacial score (nSPS) is 13.9. The Hall–Kier alpha value is -2.82. The zero-order valence-corrected chi connectivity index (χ0v) is 18.7. The van der Waals surface area contributed by atoms with E-state index in [0.717, 1.165) is 4.31 Å². The number of benzene rings is 2. The number of hydrogen-bond donors (Lipinski definition) is 2. The van der Waals surface area contributed by atoms with Gasteiger partial charge in [0.1, 0.15) is 18.5 Å². The molecule has 0 saturated carbocycles. The number of aliphatic hydroxyl groups excluding tert-OH is 1. The van der Waals surface area contributed by atoms with Gasteiger partial charge in [0.15, 0.2) is 11.5 Å². The van der Waals surface area contributed by atoms with E-state index in [9.17, 15) is 18.3 Å². The smallest absolute Gasteiger partial charge is 0.251 e. The summed E-state index contributed by atoms with van der Waals surface area (Å²) in [6, 6.07) is 8.04. The number of ether oxygens (including phenoxy) is 3. The van der Waals surface area contributed by atoms with Crippen molar-refractivity contribution >= 4 is 15.9 Å². The molecule has 10 heteroatoms. The van der Waals surface area contributed by atoms with Crippen LogP contribution in [0.15, 0.2) is 35.2 Å². The maximum absolute atomic E-state index is 12.6. The SMILES string of the molecule is Cc1cc(C(=O)NCC(O)COc2ccc3c(c2)OCO3)cc(S(=O)(=O)N(C)C)c1C. The Morgan fingerprint density at radius 3 is 2.61 bits per heavy atom. The van der Waals surface area contributed by atoms with Crippen LogP contribution in [0.25, 0.3) is 0 Å². The van der Waals surface area contributed by atoms with Crippen LogP contribution in [0.2, 0.25) is 0 Å². The second-order valence-corrected chi connectivity index (χ2v) is 9.51. The Morgan fingerprint density at radius 1 is 1.19 bits per heavy atom. The molecule has 1 atom stereocenters. The maximum Gasteiger partial charge on any atom is 0.251 e. The molecule has 2 N–H and O–H groups in total. The largest absolute Gasteiger partial charge is 0.491 e. The molecule has 0 bridgehead atoms. The molecule has 2 aromatic carbocycles. The number of nitrogens with one attached hydrogen (secondary N) is 1. The quantitative estimate of drug-likeness (QED) is 0.626. The minimum absolute atomic E-state index is 0.0485. The predicted molar refractivity (Wildman–Crippen MR) is 113 cm³/mol. The summed E-state index contributed by atoms with van der Waals surface area (Å²) in [6.07, 6.45) is -0.967. The van der Waals surface area contributed by atoms with E-state index in [-0.39, 0.29) is 30.4 Å². The molecule has 168 valence electrons. The van der Waals surface area contributed by atoms with Crippen molar-refractivity contribution < 1.29 is 32.5 Å². The number of sulfonamides is 1. The molecule has 1 heterocycles. The van der Waals surface area contributed by atoms with E-state index < -0.39 is 22.0 Å². The molecule has 0 saturated heterocycles. The molecule has 0 aromatic heterocycles. The fourth-order valence-corrected chi connectivity index (χ4v) is 4.17. The third-order valence-electron chi connectivity index (χ3n) is 4.93. The average Bonchev–Trinajstić information content (AvgIpc) is 3.19. The van der Waals surface area contributed by atoms with Gasteiger partial charge in [0, 0.05) is 32.3 Å². The van der Waals surface area contributed by atoms with Crippen molar-refractivity contribution in [1.29, 1.82) is 0 Å². The summed E-state index contributed by atoms with van der Waals surface area (Å²) < 4.78 is 42.3. The Morgan fingerprint density at radius 2 is 1.90 bits per heavy atom. The van der Waals surface area contributed by atoms with E-state index in [4.69, 9.17) is 14.2 Å². The third-order valence-corrected chi connectivity index (χ3v) is 6.87. The van der Waals surface area contributed by atoms with Crippen molar-refractivity contribution in [1.82, 2.24) is 9.62 Å². The Bertz CT molecular complexity index is 1080. The molecule has 2 aromatic rings. The first kappa shape index (κ1) is 22.9. The van der Waals surface area contributed by atoms with Gasteiger partial charge in [0.05, 0.1) is 4.90 Å². The summed E-state index contributed by atoms with van der Waals surface area (Å²) in [7, 11) is -0.821. The Kier molecular flexibility index (Phi) is 6.73. The van der Waals surface area contributed by atoms with Crippen molar-refractivity contribution in [3.63, 3.8) is 0 Å². The molecule has 1 aliphatic heterocycles. The van der Waals surface area contributed by atoms with Crippen molar-refractivity contribution in [3.05, 3.63) is 47.0 Å². The second kappa shape index (κ2) is 9.13. The number of fused-ring (bicyclic) bond motifs is 1. The van der Waals surface area contributed by atoms with Gasteiger partial charge in [-0.2, -0.15) is 0 Å².